The maximum Gasteiger partial charge on any atom is 0.271 e. The van der Waals surface area contributed by atoms with E-state index in [-0.39, 0.29) is 18.0 Å². The number of benzene rings is 3. The Morgan fingerprint density at radius 2 is 1.73 bits per heavy atom. The van der Waals surface area contributed by atoms with Crippen molar-refractivity contribution in [1.29, 1.82) is 0 Å². The summed E-state index contributed by atoms with van der Waals surface area (Å²) in [6.45, 7) is 0.150. The lowest BCUT2D eigenvalue weighted by Gasteiger charge is -2.14. The van der Waals surface area contributed by atoms with Crippen LogP contribution in [-0.4, -0.2) is 28.9 Å². The number of carbonyl (C=O) groups excluding carboxylic acids is 1. The summed E-state index contributed by atoms with van der Waals surface area (Å²) in [6.07, 6.45) is 1.33. The number of aromatic hydroxyl groups is 1. The number of hydrogen-bond donors (Lipinski definition) is 2. The van der Waals surface area contributed by atoms with Gasteiger partial charge in [-0.3, -0.25) is 14.2 Å². The zero-order valence-electron chi connectivity index (χ0n) is 17.7. The maximum absolute atomic E-state index is 13.1. The fraction of sp³-hybridized carbons (Fsp3) is 0.0800. The van der Waals surface area contributed by atoms with Gasteiger partial charge in [-0.25, -0.2) is 5.43 Å². The highest BCUT2D eigenvalue weighted by atomic mass is 35.5. The largest absolute Gasteiger partial charge is 0.497 e. The molecule has 2 N–H and O–H groups in total. The van der Waals surface area contributed by atoms with Crippen LogP contribution in [0.3, 0.4) is 0 Å². The molecule has 3 aromatic carbocycles. The van der Waals surface area contributed by atoms with Gasteiger partial charge in [-0.05, 0) is 48.0 Å². The molecule has 33 heavy (non-hydrogen) atoms. The van der Waals surface area contributed by atoms with Crippen LogP contribution in [0.4, 0.5) is 0 Å². The van der Waals surface area contributed by atoms with E-state index in [9.17, 15) is 14.7 Å². The number of halogens is 1. The Morgan fingerprint density at radius 1 is 1.06 bits per heavy atom. The minimum Gasteiger partial charge on any atom is -0.497 e. The van der Waals surface area contributed by atoms with E-state index in [0.29, 0.717) is 32.7 Å². The number of hydrazone groups is 1. The number of methoxy groups -OCH3 is 1. The molecule has 4 aromatic rings. The zero-order chi connectivity index (χ0) is 23.4. The van der Waals surface area contributed by atoms with Gasteiger partial charge in [0.2, 0.25) is 5.88 Å². The monoisotopic (exact) mass is 461 g/mol. The number of ether oxygens (including phenoxy) is 1. The van der Waals surface area contributed by atoms with Crippen molar-refractivity contribution < 1.29 is 14.6 Å². The number of carbonyl (C=O) groups is 1. The summed E-state index contributed by atoms with van der Waals surface area (Å²) in [4.78, 5) is 25.4. The van der Waals surface area contributed by atoms with Crippen molar-refractivity contribution in [1.82, 2.24) is 9.99 Å². The Hall–Kier alpha value is -4.10. The molecule has 0 aliphatic carbocycles. The molecule has 0 radical (unpaired) electrons. The first-order chi connectivity index (χ1) is 16.0. The van der Waals surface area contributed by atoms with Gasteiger partial charge < -0.3 is 9.84 Å². The molecule has 0 atom stereocenters. The van der Waals surface area contributed by atoms with Crippen molar-refractivity contribution in [3.63, 3.8) is 0 Å². The smallest absolute Gasteiger partial charge is 0.271 e. The zero-order valence-corrected chi connectivity index (χ0v) is 18.4. The Balaban J connectivity index is 1.69. The van der Waals surface area contributed by atoms with E-state index in [1.54, 1.807) is 67.8 Å². The average molecular weight is 462 g/mol. The van der Waals surface area contributed by atoms with Crippen molar-refractivity contribution in [3.8, 4) is 11.6 Å². The first-order valence-electron chi connectivity index (χ1n) is 10.0. The van der Waals surface area contributed by atoms with E-state index in [1.807, 2.05) is 12.1 Å². The molecule has 4 rings (SSSR count). The molecular weight excluding hydrogens is 442 g/mol. The van der Waals surface area contributed by atoms with Gasteiger partial charge in [0.1, 0.15) is 5.75 Å². The molecule has 166 valence electrons. The molecule has 7 nitrogen and oxygen atoms in total. The van der Waals surface area contributed by atoms with E-state index in [4.69, 9.17) is 16.3 Å². The van der Waals surface area contributed by atoms with Crippen LogP contribution < -0.4 is 15.7 Å². The Morgan fingerprint density at radius 3 is 2.39 bits per heavy atom. The highest BCUT2D eigenvalue weighted by Crippen LogP contribution is 2.24. The molecule has 0 saturated carbocycles. The van der Waals surface area contributed by atoms with Crippen molar-refractivity contribution in [3.05, 3.63) is 105 Å². The summed E-state index contributed by atoms with van der Waals surface area (Å²) in [7, 11) is 1.58. The molecule has 0 saturated heterocycles. The van der Waals surface area contributed by atoms with Gasteiger partial charge in [-0.15, -0.1) is 0 Å². The fourth-order valence-electron chi connectivity index (χ4n) is 3.42. The summed E-state index contributed by atoms with van der Waals surface area (Å²) < 4.78 is 6.44. The molecule has 1 amide bonds. The highest BCUT2D eigenvalue weighted by molar-refractivity contribution is 6.30. The molecule has 1 heterocycles. The van der Waals surface area contributed by atoms with Crippen molar-refractivity contribution in [2.45, 2.75) is 6.54 Å². The number of pyridine rings is 1. The Kier molecular flexibility index (Phi) is 6.42. The van der Waals surface area contributed by atoms with E-state index in [2.05, 4.69) is 10.5 Å². The van der Waals surface area contributed by atoms with Crippen LogP contribution in [0.2, 0.25) is 5.02 Å². The second kappa shape index (κ2) is 9.58. The Bertz CT molecular complexity index is 1390. The predicted molar refractivity (Wildman–Crippen MR) is 128 cm³/mol. The topological polar surface area (TPSA) is 92.9 Å². The SMILES string of the molecule is COc1ccc(Cn2c(O)c(/C=N/NC(=O)c3ccc(Cl)cc3)c3ccccc3c2=O)cc1. The van der Waals surface area contributed by atoms with Crippen LogP contribution in [-0.2, 0) is 6.54 Å². The quantitative estimate of drug-likeness (QED) is 0.333. The number of fused-ring (bicyclic) bond motifs is 1. The second-order valence-electron chi connectivity index (χ2n) is 7.23. The molecule has 0 spiro atoms. The predicted octanol–water partition coefficient (Wildman–Crippen LogP) is 4.18. The molecule has 0 aliphatic heterocycles. The third-order valence-electron chi connectivity index (χ3n) is 5.16. The van der Waals surface area contributed by atoms with Crippen LogP contribution in [0.5, 0.6) is 11.6 Å². The van der Waals surface area contributed by atoms with Gasteiger partial charge in [0.15, 0.2) is 0 Å². The van der Waals surface area contributed by atoms with Crippen LogP contribution in [0, 0.1) is 0 Å². The van der Waals surface area contributed by atoms with Crippen molar-refractivity contribution in [2.24, 2.45) is 5.10 Å². The fourth-order valence-corrected chi connectivity index (χ4v) is 3.55. The molecule has 8 heteroatoms. The number of hydrogen-bond acceptors (Lipinski definition) is 5. The van der Waals surface area contributed by atoms with Crippen LogP contribution >= 0.6 is 11.6 Å². The average Bonchev–Trinajstić information content (AvgIpc) is 2.84. The molecular formula is C25H20ClN3O4. The summed E-state index contributed by atoms with van der Waals surface area (Å²) in [5.74, 6) is 0.00959. The summed E-state index contributed by atoms with van der Waals surface area (Å²) >= 11 is 5.85. The lowest BCUT2D eigenvalue weighted by Crippen LogP contribution is -2.23. The molecule has 0 aliphatic rings. The Labute approximate surface area is 194 Å². The van der Waals surface area contributed by atoms with Gasteiger partial charge in [0.25, 0.3) is 11.5 Å². The lowest BCUT2D eigenvalue weighted by atomic mass is 10.1. The normalized spacial score (nSPS) is 11.1. The van der Waals surface area contributed by atoms with Crippen molar-refractivity contribution in [2.75, 3.05) is 7.11 Å². The van der Waals surface area contributed by atoms with E-state index >= 15 is 0 Å². The minimum atomic E-state index is -0.432. The van der Waals surface area contributed by atoms with Gasteiger partial charge >= 0.3 is 0 Å². The molecule has 0 fully saturated rings. The summed E-state index contributed by atoms with van der Waals surface area (Å²) in [5.41, 5.74) is 3.61. The van der Waals surface area contributed by atoms with Crippen LogP contribution in [0.15, 0.2) is 82.7 Å². The van der Waals surface area contributed by atoms with E-state index in [1.165, 1.54) is 10.8 Å². The van der Waals surface area contributed by atoms with Crippen molar-refractivity contribution >= 4 is 34.5 Å². The van der Waals surface area contributed by atoms with Gasteiger partial charge in [0.05, 0.1) is 25.4 Å². The third-order valence-corrected chi connectivity index (χ3v) is 5.41. The molecule has 1 aromatic heterocycles. The summed E-state index contributed by atoms with van der Waals surface area (Å²) in [5, 5.41) is 16.4. The number of nitrogens with one attached hydrogen (secondary N) is 1. The standard InChI is InChI=1S/C25H20ClN3O4/c1-33-19-12-6-16(7-13-19)15-29-24(31)21-5-3-2-4-20(21)22(25(29)32)14-27-28-23(30)17-8-10-18(26)11-9-17/h2-14,32H,15H2,1H3,(H,28,30)/b27-14+. The van der Waals surface area contributed by atoms with Crippen LogP contribution in [0.25, 0.3) is 10.8 Å². The summed E-state index contributed by atoms with van der Waals surface area (Å²) in [6, 6.07) is 20.5. The lowest BCUT2D eigenvalue weighted by molar-refractivity contribution is 0.0955. The first-order valence-corrected chi connectivity index (χ1v) is 10.4. The number of nitrogens with zero attached hydrogens (tertiary/aromatic N) is 2. The van der Waals surface area contributed by atoms with Gasteiger partial charge in [-0.1, -0.05) is 41.9 Å². The van der Waals surface area contributed by atoms with E-state index in [0.717, 1.165) is 5.56 Å². The second-order valence-corrected chi connectivity index (χ2v) is 7.66. The maximum atomic E-state index is 13.1. The van der Waals surface area contributed by atoms with E-state index < -0.39 is 5.91 Å². The minimum absolute atomic E-state index is 0.150. The highest BCUT2D eigenvalue weighted by Gasteiger charge is 2.15. The van der Waals surface area contributed by atoms with Crippen LogP contribution in [0.1, 0.15) is 21.5 Å². The van der Waals surface area contributed by atoms with Gasteiger partial charge in [-0.2, -0.15) is 5.10 Å². The number of amides is 1. The molecule has 0 unspecified atom stereocenters. The van der Waals surface area contributed by atoms with Gasteiger partial charge in [0, 0.05) is 21.4 Å². The third kappa shape index (κ3) is 4.73. The number of rotatable bonds is 6. The number of aromatic nitrogens is 1. The first kappa shape index (κ1) is 22.1. The molecule has 0 bridgehead atoms.